The minimum Gasteiger partial charge on any atom is -0.314 e. The molecular formula is C10H10BrFN4. The van der Waals surface area contributed by atoms with Crippen molar-refractivity contribution in [1.29, 1.82) is 0 Å². The van der Waals surface area contributed by atoms with Gasteiger partial charge in [0.15, 0.2) is 0 Å². The Kier molecular flexibility index (Phi) is 3.31. The quantitative estimate of drug-likeness (QED) is 0.936. The van der Waals surface area contributed by atoms with Crippen molar-refractivity contribution in [3.8, 4) is 5.69 Å². The van der Waals surface area contributed by atoms with Crippen molar-refractivity contribution >= 4 is 15.9 Å². The Morgan fingerprint density at radius 3 is 3.00 bits per heavy atom. The predicted octanol–water partition coefficient (Wildman–Crippen LogP) is 1.89. The van der Waals surface area contributed by atoms with Crippen molar-refractivity contribution in [3.05, 3.63) is 40.4 Å². The molecule has 0 bridgehead atoms. The number of aromatic nitrogens is 3. The van der Waals surface area contributed by atoms with Gasteiger partial charge in [-0.05, 0) is 25.2 Å². The van der Waals surface area contributed by atoms with Gasteiger partial charge in [0.2, 0.25) is 0 Å². The first-order chi connectivity index (χ1) is 7.70. The second-order valence-electron chi connectivity index (χ2n) is 3.28. The standard InChI is InChI=1S/C10H10BrFN4/c1-13-5-8-6-16(15-14-8)10-3-2-7(11)4-9(10)12/h2-4,6,13H,5H2,1H3. The van der Waals surface area contributed by atoms with Crippen molar-refractivity contribution in [2.75, 3.05) is 7.05 Å². The summed E-state index contributed by atoms with van der Waals surface area (Å²) >= 11 is 3.20. The molecule has 0 spiro atoms. The molecule has 0 fully saturated rings. The summed E-state index contributed by atoms with van der Waals surface area (Å²) < 4.78 is 15.7. The molecule has 0 saturated heterocycles. The zero-order chi connectivity index (χ0) is 11.5. The van der Waals surface area contributed by atoms with E-state index < -0.39 is 0 Å². The topological polar surface area (TPSA) is 42.7 Å². The molecule has 0 aliphatic carbocycles. The number of benzene rings is 1. The third kappa shape index (κ3) is 2.28. The molecule has 0 saturated carbocycles. The van der Waals surface area contributed by atoms with E-state index in [4.69, 9.17) is 0 Å². The van der Waals surface area contributed by atoms with Crippen LogP contribution < -0.4 is 5.32 Å². The van der Waals surface area contributed by atoms with Crippen LogP contribution in [0.2, 0.25) is 0 Å². The van der Waals surface area contributed by atoms with Crippen molar-refractivity contribution < 1.29 is 4.39 Å². The monoisotopic (exact) mass is 284 g/mol. The molecule has 2 rings (SSSR count). The Balaban J connectivity index is 2.35. The van der Waals surface area contributed by atoms with E-state index in [0.717, 1.165) is 5.69 Å². The Hall–Kier alpha value is -1.27. The third-order valence-corrected chi connectivity index (χ3v) is 2.55. The Morgan fingerprint density at radius 1 is 1.50 bits per heavy atom. The predicted molar refractivity (Wildman–Crippen MR) is 61.8 cm³/mol. The maximum absolute atomic E-state index is 13.6. The number of hydrogen-bond acceptors (Lipinski definition) is 3. The van der Waals surface area contributed by atoms with E-state index in [1.54, 1.807) is 18.3 Å². The first-order valence-corrected chi connectivity index (χ1v) is 5.51. The van der Waals surface area contributed by atoms with Gasteiger partial charge in [-0.25, -0.2) is 9.07 Å². The molecular weight excluding hydrogens is 275 g/mol. The van der Waals surface area contributed by atoms with Gasteiger partial charge in [-0.2, -0.15) is 0 Å². The SMILES string of the molecule is CNCc1cn(-c2ccc(Br)cc2F)nn1. The molecule has 1 aromatic carbocycles. The molecule has 0 atom stereocenters. The van der Waals surface area contributed by atoms with Crippen LogP contribution in [-0.4, -0.2) is 22.0 Å². The molecule has 1 heterocycles. The summed E-state index contributed by atoms with van der Waals surface area (Å²) in [5.41, 5.74) is 1.16. The van der Waals surface area contributed by atoms with Crippen LogP contribution in [0.4, 0.5) is 4.39 Å². The lowest BCUT2D eigenvalue weighted by molar-refractivity contribution is 0.606. The average molecular weight is 285 g/mol. The molecule has 16 heavy (non-hydrogen) atoms. The van der Waals surface area contributed by atoms with Gasteiger partial charge < -0.3 is 5.32 Å². The molecule has 4 nitrogen and oxygen atoms in total. The van der Waals surface area contributed by atoms with Crippen LogP contribution in [0.25, 0.3) is 5.69 Å². The molecule has 0 aliphatic rings. The van der Waals surface area contributed by atoms with Crippen molar-refractivity contribution in [2.24, 2.45) is 0 Å². The van der Waals surface area contributed by atoms with E-state index in [9.17, 15) is 4.39 Å². The van der Waals surface area contributed by atoms with E-state index in [-0.39, 0.29) is 5.82 Å². The maximum Gasteiger partial charge on any atom is 0.150 e. The van der Waals surface area contributed by atoms with E-state index >= 15 is 0 Å². The van der Waals surface area contributed by atoms with E-state index in [1.807, 2.05) is 7.05 Å². The highest BCUT2D eigenvalue weighted by Crippen LogP contribution is 2.18. The molecule has 0 unspecified atom stereocenters. The van der Waals surface area contributed by atoms with Crippen molar-refractivity contribution in [3.63, 3.8) is 0 Å². The Bertz CT molecular complexity index is 497. The second kappa shape index (κ2) is 4.71. The molecule has 6 heteroatoms. The van der Waals surface area contributed by atoms with Gasteiger partial charge in [-0.15, -0.1) is 5.10 Å². The zero-order valence-corrected chi connectivity index (χ0v) is 10.2. The molecule has 0 amide bonds. The van der Waals surface area contributed by atoms with Gasteiger partial charge in [0.05, 0.1) is 11.9 Å². The number of nitrogens with one attached hydrogen (secondary N) is 1. The third-order valence-electron chi connectivity index (χ3n) is 2.06. The van der Waals surface area contributed by atoms with Crippen LogP contribution in [0, 0.1) is 5.82 Å². The summed E-state index contributed by atoms with van der Waals surface area (Å²) in [4.78, 5) is 0. The van der Waals surface area contributed by atoms with E-state index in [0.29, 0.717) is 16.7 Å². The summed E-state index contributed by atoms with van der Waals surface area (Å²) in [6.45, 7) is 0.609. The van der Waals surface area contributed by atoms with Gasteiger partial charge in [-0.1, -0.05) is 21.1 Å². The van der Waals surface area contributed by atoms with Gasteiger partial charge >= 0.3 is 0 Å². The number of hydrogen-bond donors (Lipinski definition) is 1. The molecule has 1 N–H and O–H groups in total. The Labute approximate surface area is 101 Å². The number of rotatable bonds is 3. The minimum atomic E-state index is -0.338. The minimum absolute atomic E-state index is 0.338. The molecule has 84 valence electrons. The maximum atomic E-state index is 13.6. The summed E-state index contributed by atoms with van der Waals surface area (Å²) in [7, 11) is 1.82. The highest BCUT2D eigenvalue weighted by atomic mass is 79.9. The van der Waals surface area contributed by atoms with Gasteiger partial charge in [0.1, 0.15) is 11.5 Å². The zero-order valence-electron chi connectivity index (χ0n) is 8.61. The summed E-state index contributed by atoms with van der Waals surface area (Å²) in [6, 6.07) is 4.81. The van der Waals surface area contributed by atoms with Crippen LogP contribution in [0.1, 0.15) is 5.69 Å². The molecule has 0 aliphatic heterocycles. The van der Waals surface area contributed by atoms with Crippen LogP contribution in [0.5, 0.6) is 0 Å². The van der Waals surface area contributed by atoms with Crippen molar-refractivity contribution in [1.82, 2.24) is 20.3 Å². The number of nitrogens with zero attached hydrogens (tertiary/aromatic N) is 3. The molecule has 1 aromatic heterocycles. The lowest BCUT2D eigenvalue weighted by Gasteiger charge is -2.01. The van der Waals surface area contributed by atoms with Gasteiger partial charge in [0, 0.05) is 11.0 Å². The van der Waals surface area contributed by atoms with Crippen LogP contribution in [0.15, 0.2) is 28.9 Å². The highest BCUT2D eigenvalue weighted by Gasteiger charge is 2.07. The van der Waals surface area contributed by atoms with Gasteiger partial charge in [-0.3, -0.25) is 0 Å². The van der Waals surface area contributed by atoms with Crippen LogP contribution >= 0.6 is 15.9 Å². The summed E-state index contributed by atoms with van der Waals surface area (Å²) in [6.07, 6.45) is 1.70. The summed E-state index contributed by atoms with van der Waals surface area (Å²) in [5, 5.41) is 10.7. The largest absolute Gasteiger partial charge is 0.314 e. The van der Waals surface area contributed by atoms with E-state index in [1.165, 1.54) is 10.7 Å². The van der Waals surface area contributed by atoms with Crippen LogP contribution in [-0.2, 0) is 6.54 Å². The second-order valence-corrected chi connectivity index (χ2v) is 4.20. The lowest BCUT2D eigenvalue weighted by atomic mass is 10.3. The normalized spacial score (nSPS) is 10.7. The summed E-state index contributed by atoms with van der Waals surface area (Å²) in [5.74, 6) is -0.338. The highest BCUT2D eigenvalue weighted by molar-refractivity contribution is 9.10. The average Bonchev–Trinajstić information content (AvgIpc) is 2.67. The van der Waals surface area contributed by atoms with Crippen LogP contribution in [0.3, 0.4) is 0 Å². The van der Waals surface area contributed by atoms with Gasteiger partial charge in [0.25, 0.3) is 0 Å². The van der Waals surface area contributed by atoms with E-state index in [2.05, 4.69) is 31.6 Å². The fraction of sp³-hybridized carbons (Fsp3) is 0.200. The first kappa shape index (κ1) is 11.2. The smallest absolute Gasteiger partial charge is 0.150 e. The fourth-order valence-corrected chi connectivity index (χ4v) is 1.68. The lowest BCUT2D eigenvalue weighted by Crippen LogP contribution is -2.05. The number of halogens is 2. The van der Waals surface area contributed by atoms with Crippen molar-refractivity contribution in [2.45, 2.75) is 6.54 Å². The molecule has 2 aromatic rings. The Morgan fingerprint density at radius 2 is 2.31 bits per heavy atom. The molecule has 0 radical (unpaired) electrons. The fourth-order valence-electron chi connectivity index (χ4n) is 1.35. The first-order valence-electron chi connectivity index (χ1n) is 4.72.